The topological polar surface area (TPSA) is 49.3 Å². The molecule has 0 unspecified atom stereocenters. The zero-order valence-electron chi connectivity index (χ0n) is 9.05. The fourth-order valence-corrected chi connectivity index (χ4v) is 1.50. The van der Waals surface area contributed by atoms with E-state index in [1.807, 2.05) is 13.8 Å². The van der Waals surface area contributed by atoms with Crippen LogP contribution in [0, 0.1) is 5.82 Å². The molecule has 0 aliphatic heterocycles. The van der Waals surface area contributed by atoms with Crippen molar-refractivity contribution in [1.29, 1.82) is 0 Å². The van der Waals surface area contributed by atoms with Crippen LogP contribution in [0.25, 0.3) is 0 Å². The molecule has 0 saturated heterocycles. The summed E-state index contributed by atoms with van der Waals surface area (Å²) in [5, 5.41) is 12.2. The molecule has 0 atom stereocenters. The molecule has 0 bridgehead atoms. The number of phenols is 1. The van der Waals surface area contributed by atoms with Crippen molar-refractivity contribution >= 4 is 17.5 Å². The molecule has 5 heteroatoms. The van der Waals surface area contributed by atoms with E-state index in [1.54, 1.807) is 0 Å². The molecule has 0 radical (unpaired) electrons. The van der Waals surface area contributed by atoms with Gasteiger partial charge in [-0.05, 0) is 26.0 Å². The summed E-state index contributed by atoms with van der Waals surface area (Å²) in [6, 6.07) is 2.36. The minimum Gasteiger partial charge on any atom is -0.505 e. The summed E-state index contributed by atoms with van der Waals surface area (Å²) in [7, 11) is 0. The maximum Gasteiger partial charge on any atom is 0.224 e. The lowest BCUT2D eigenvalue weighted by atomic mass is 10.1. The van der Waals surface area contributed by atoms with E-state index in [9.17, 15) is 14.3 Å². The van der Waals surface area contributed by atoms with Gasteiger partial charge in [-0.25, -0.2) is 4.39 Å². The maximum atomic E-state index is 13.0. The van der Waals surface area contributed by atoms with Crippen LogP contribution in [0.15, 0.2) is 12.1 Å². The number of phenolic OH excluding ortho intramolecular Hbond substituents is 1. The zero-order valence-corrected chi connectivity index (χ0v) is 9.81. The predicted octanol–water partition coefficient (Wildman–Crippen LogP) is 2.25. The standard InChI is InChI=1S/C11H13ClFNO2/c1-6(2)14-10(15)5-7-8(12)3-4-9(13)11(7)16/h3-4,6,16H,5H2,1-2H3,(H,14,15). The number of amides is 1. The number of hydrogen-bond donors (Lipinski definition) is 2. The molecule has 2 N–H and O–H groups in total. The van der Waals surface area contributed by atoms with Gasteiger partial charge in [-0.3, -0.25) is 4.79 Å². The second-order valence-electron chi connectivity index (χ2n) is 3.76. The van der Waals surface area contributed by atoms with Crippen LogP contribution in [0.3, 0.4) is 0 Å². The van der Waals surface area contributed by atoms with Crippen molar-refractivity contribution in [3.8, 4) is 5.75 Å². The van der Waals surface area contributed by atoms with E-state index < -0.39 is 11.6 Å². The lowest BCUT2D eigenvalue weighted by Gasteiger charge is -2.10. The molecule has 1 rings (SSSR count). The Labute approximate surface area is 98.2 Å². The van der Waals surface area contributed by atoms with Gasteiger partial charge in [0, 0.05) is 16.6 Å². The Bertz CT molecular complexity index is 407. The summed E-state index contributed by atoms with van der Waals surface area (Å²) in [5.74, 6) is -1.65. The molecule has 0 saturated carbocycles. The fourth-order valence-electron chi connectivity index (χ4n) is 1.28. The van der Waals surface area contributed by atoms with Gasteiger partial charge in [0.25, 0.3) is 0 Å². The Morgan fingerprint density at radius 3 is 2.75 bits per heavy atom. The number of nitrogens with one attached hydrogen (secondary N) is 1. The number of rotatable bonds is 3. The molecular formula is C11H13ClFNO2. The smallest absolute Gasteiger partial charge is 0.224 e. The van der Waals surface area contributed by atoms with Gasteiger partial charge in [0.15, 0.2) is 11.6 Å². The number of benzene rings is 1. The van der Waals surface area contributed by atoms with E-state index in [2.05, 4.69) is 5.32 Å². The molecule has 1 amide bonds. The summed E-state index contributed by atoms with van der Waals surface area (Å²) >= 11 is 5.78. The monoisotopic (exact) mass is 245 g/mol. The van der Waals surface area contributed by atoms with Crippen LogP contribution in [0.2, 0.25) is 5.02 Å². The number of hydrogen-bond acceptors (Lipinski definition) is 2. The van der Waals surface area contributed by atoms with Gasteiger partial charge in [0.2, 0.25) is 5.91 Å². The molecule has 88 valence electrons. The summed E-state index contributed by atoms with van der Waals surface area (Å²) in [5.41, 5.74) is 0.111. The van der Waals surface area contributed by atoms with Crippen molar-refractivity contribution in [3.63, 3.8) is 0 Å². The highest BCUT2D eigenvalue weighted by molar-refractivity contribution is 6.31. The molecule has 16 heavy (non-hydrogen) atoms. The minimum atomic E-state index is -0.781. The summed E-state index contributed by atoms with van der Waals surface area (Å²) < 4.78 is 13.0. The third-order valence-corrected chi connectivity index (χ3v) is 2.32. The molecule has 0 fully saturated rings. The van der Waals surface area contributed by atoms with Crippen LogP contribution in [-0.4, -0.2) is 17.1 Å². The SMILES string of the molecule is CC(C)NC(=O)Cc1c(Cl)ccc(F)c1O. The molecule has 0 heterocycles. The third-order valence-electron chi connectivity index (χ3n) is 1.96. The largest absolute Gasteiger partial charge is 0.505 e. The van der Waals surface area contributed by atoms with Gasteiger partial charge in [-0.15, -0.1) is 0 Å². The van der Waals surface area contributed by atoms with E-state index in [1.165, 1.54) is 6.07 Å². The number of halogens is 2. The normalized spacial score (nSPS) is 10.6. The van der Waals surface area contributed by atoms with Gasteiger partial charge in [0.05, 0.1) is 6.42 Å². The molecule has 1 aromatic rings. The van der Waals surface area contributed by atoms with Crippen LogP contribution < -0.4 is 5.32 Å². The second kappa shape index (κ2) is 5.16. The highest BCUT2D eigenvalue weighted by Gasteiger charge is 2.15. The zero-order chi connectivity index (χ0) is 12.3. The fraction of sp³-hybridized carbons (Fsp3) is 0.364. The minimum absolute atomic E-state index is 0.0121. The van der Waals surface area contributed by atoms with Gasteiger partial charge in [-0.2, -0.15) is 0 Å². The highest BCUT2D eigenvalue weighted by Crippen LogP contribution is 2.28. The summed E-state index contributed by atoms with van der Waals surface area (Å²) in [4.78, 5) is 11.4. The van der Waals surface area contributed by atoms with Crippen molar-refractivity contribution in [1.82, 2.24) is 5.32 Å². The average Bonchev–Trinajstić information content (AvgIpc) is 2.17. The van der Waals surface area contributed by atoms with E-state index in [0.717, 1.165) is 6.07 Å². The lowest BCUT2D eigenvalue weighted by molar-refractivity contribution is -0.120. The molecule has 0 aliphatic carbocycles. The number of aromatic hydroxyl groups is 1. The third kappa shape index (κ3) is 3.10. The van der Waals surface area contributed by atoms with Crippen LogP contribution in [0.4, 0.5) is 4.39 Å². The first-order valence-corrected chi connectivity index (χ1v) is 5.24. The van der Waals surface area contributed by atoms with Crippen molar-refractivity contribution in [3.05, 3.63) is 28.5 Å². The Hall–Kier alpha value is -1.29. The lowest BCUT2D eigenvalue weighted by Crippen LogP contribution is -2.31. The molecule has 0 spiro atoms. The van der Waals surface area contributed by atoms with Crippen LogP contribution in [0.1, 0.15) is 19.4 Å². The number of carbonyl (C=O) groups is 1. The van der Waals surface area contributed by atoms with Crippen LogP contribution in [0.5, 0.6) is 5.75 Å². The molecule has 3 nitrogen and oxygen atoms in total. The summed E-state index contributed by atoms with van der Waals surface area (Å²) in [6.07, 6.45) is -0.138. The molecule has 0 aromatic heterocycles. The Balaban J connectivity index is 2.88. The summed E-state index contributed by atoms with van der Waals surface area (Å²) in [6.45, 7) is 3.62. The highest BCUT2D eigenvalue weighted by atomic mass is 35.5. The van der Waals surface area contributed by atoms with E-state index in [4.69, 9.17) is 11.6 Å². The Morgan fingerprint density at radius 1 is 1.56 bits per heavy atom. The van der Waals surface area contributed by atoms with Gasteiger partial charge < -0.3 is 10.4 Å². The first-order valence-electron chi connectivity index (χ1n) is 4.87. The number of carbonyl (C=O) groups excluding carboxylic acids is 1. The Kier molecular flexibility index (Phi) is 4.12. The quantitative estimate of drug-likeness (QED) is 0.858. The average molecular weight is 246 g/mol. The predicted molar refractivity (Wildman–Crippen MR) is 60.1 cm³/mol. The van der Waals surface area contributed by atoms with Gasteiger partial charge in [-0.1, -0.05) is 11.6 Å². The van der Waals surface area contributed by atoms with Crippen LogP contribution >= 0.6 is 11.6 Å². The molecule has 1 aromatic carbocycles. The first-order chi connectivity index (χ1) is 7.41. The van der Waals surface area contributed by atoms with Gasteiger partial charge in [0.1, 0.15) is 0 Å². The van der Waals surface area contributed by atoms with Crippen molar-refractivity contribution < 1.29 is 14.3 Å². The van der Waals surface area contributed by atoms with Crippen molar-refractivity contribution in [2.75, 3.05) is 0 Å². The molecule has 0 aliphatic rings. The molecular weight excluding hydrogens is 233 g/mol. The van der Waals surface area contributed by atoms with E-state index in [-0.39, 0.29) is 29.0 Å². The second-order valence-corrected chi connectivity index (χ2v) is 4.16. The maximum absolute atomic E-state index is 13.0. The van der Waals surface area contributed by atoms with Gasteiger partial charge >= 0.3 is 0 Å². The first kappa shape index (κ1) is 12.8. The van der Waals surface area contributed by atoms with E-state index in [0.29, 0.717) is 0 Å². The van der Waals surface area contributed by atoms with Crippen LogP contribution in [-0.2, 0) is 11.2 Å². The van der Waals surface area contributed by atoms with E-state index >= 15 is 0 Å². The van der Waals surface area contributed by atoms with Crippen molar-refractivity contribution in [2.45, 2.75) is 26.3 Å². The Morgan fingerprint density at radius 2 is 2.19 bits per heavy atom. The van der Waals surface area contributed by atoms with Crippen molar-refractivity contribution in [2.24, 2.45) is 0 Å².